The normalized spacial score (nSPS) is 11.8. The van der Waals surface area contributed by atoms with Crippen LogP contribution in [-0.2, 0) is 4.79 Å². The van der Waals surface area contributed by atoms with Crippen LogP contribution in [0.3, 0.4) is 0 Å². The van der Waals surface area contributed by atoms with Crippen molar-refractivity contribution in [2.75, 3.05) is 11.1 Å². The molecule has 1 aromatic heterocycles. The zero-order valence-corrected chi connectivity index (χ0v) is 15.3. The molecule has 1 aromatic carbocycles. The summed E-state index contributed by atoms with van der Waals surface area (Å²) in [4.78, 5) is 41.9. The minimum absolute atomic E-state index is 0.0163. The van der Waals surface area contributed by atoms with E-state index in [9.17, 15) is 23.9 Å². The number of benzene rings is 1. The number of hydrogen-bond donors (Lipinski definition) is 3. The number of carbonyl (C=O) groups is 2. The van der Waals surface area contributed by atoms with Crippen molar-refractivity contribution in [2.24, 2.45) is 0 Å². The van der Waals surface area contributed by atoms with E-state index in [-0.39, 0.29) is 22.2 Å². The van der Waals surface area contributed by atoms with Gasteiger partial charge in [0.1, 0.15) is 11.5 Å². The molecule has 2 rings (SSSR count). The molecule has 0 unspecified atom stereocenters. The second-order valence-corrected chi connectivity index (χ2v) is 6.85. The third-order valence-corrected chi connectivity index (χ3v) is 4.74. The highest BCUT2D eigenvalue weighted by Crippen LogP contribution is 2.24. The molecule has 0 saturated carbocycles. The molecule has 0 radical (unpaired) electrons. The molecule has 2 aromatic rings. The van der Waals surface area contributed by atoms with Crippen molar-refractivity contribution in [3.05, 3.63) is 46.0 Å². The Hall–Kier alpha value is -2.88. The average molecular weight is 393 g/mol. The third-order valence-electron chi connectivity index (χ3n) is 3.61. The van der Waals surface area contributed by atoms with Crippen LogP contribution in [0.4, 0.5) is 15.9 Å². The number of nitrogens with one attached hydrogen (secondary N) is 2. The molecular formula is C17H18FN4O4S-. The number of carboxylic acid groups (broad SMARTS) is 1. The van der Waals surface area contributed by atoms with E-state index in [4.69, 9.17) is 5.73 Å². The maximum absolute atomic E-state index is 12.9. The zero-order chi connectivity index (χ0) is 20.0. The largest absolute Gasteiger partial charge is 0.549 e. The van der Waals surface area contributed by atoms with Crippen LogP contribution in [0.25, 0.3) is 0 Å². The summed E-state index contributed by atoms with van der Waals surface area (Å²) in [5.74, 6) is -2.69. The van der Waals surface area contributed by atoms with E-state index in [0.717, 1.165) is 30.3 Å². The molecule has 0 saturated heterocycles. The Bertz CT molecular complexity index is 885. The quantitative estimate of drug-likeness (QED) is 0.451. The zero-order valence-electron chi connectivity index (χ0n) is 14.5. The van der Waals surface area contributed by atoms with Crippen molar-refractivity contribution in [2.45, 2.75) is 36.6 Å². The van der Waals surface area contributed by atoms with Gasteiger partial charge in [0.25, 0.3) is 11.5 Å². The molecule has 0 bridgehead atoms. The van der Waals surface area contributed by atoms with Crippen molar-refractivity contribution in [1.29, 1.82) is 0 Å². The third kappa shape index (κ3) is 5.55. The molecule has 1 atom stereocenters. The van der Waals surface area contributed by atoms with E-state index in [1.165, 1.54) is 12.1 Å². The molecule has 10 heteroatoms. The highest BCUT2D eigenvalue weighted by atomic mass is 32.2. The summed E-state index contributed by atoms with van der Waals surface area (Å²) >= 11 is 0.828. The second kappa shape index (κ2) is 9.17. The van der Waals surface area contributed by atoms with E-state index < -0.39 is 28.5 Å². The number of carboxylic acids is 1. The van der Waals surface area contributed by atoms with Crippen molar-refractivity contribution >= 4 is 35.1 Å². The Labute approximate surface area is 158 Å². The lowest BCUT2D eigenvalue weighted by Gasteiger charge is -2.17. The maximum atomic E-state index is 12.9. The van der Waals surface area contributed by atoms with Crippen molar-refractivity contribution < 1.29 is 19.1 Å². The fraction of sp³-hybridized carbons (Fsp3) is 0.294. The molecule has 1 amide bonds. The molecule has 0 spiro atoms. The molecule has 4 N–H and O–H groups in total. The Morgan fingerprint density at radius 1 is 1.37 bits per heavy atom. The summed E-state index contributed by atoms with van der Waals surface area (Å²) in [6, 6.07) is 4.73. The van der Waals surface area contributed by atoms with Gasteiger partial charge in [-0.1, -0.05) is 31.5 Å². The van der Waals surface area contributed by atoms with Gasteiger partial charge in [0.05, 0.1) is 11.2 Å². The highest BCUT2D eigenvalue weighted by Gasteiger charge is 2.17. The second-order valence-electron chi connectivity index (χ2n) is 5.66. The molecule has 0 aliphatic carbocycles. The Morgan fingerprint density at radius 3 is 2.59 bits per heavy atom. The topological polar surface area (TPSA) is 141 Å². The van der Waals surface area contributed by atoms with E-state index in [2.05, 4.69) is 15.3 Å². The van der Waals surface area contributed by atoms with Gasteiger partial charge in [-0.3, -0.25) is 14.6 Å². The summed E-state index contributed by atoms with van der Waals surface area (Å²) in [6.07, 6.45) is 1.85. The van der Waals surface area contributed by atoms with Gasteiger partial charge < -0.3 is 21.0 Å². The number of aromatic amines is 1. The molecule has 0 aliphatic heterocycles. The number of nitrogens with two attached hydrogens (primary N) is 1. The van der Waals surface area contributed by atoms with E-state index in [1.807, 2.05) is 6.92 Å². The summed E-state index contributed by atoms with van der Waals surface area (Å²) in [6.45, 7) is 1.92. The van der Waals surface area contributed by atoms with Crippen LogP contribution < -0.4 is 21.7 Å². The fourth-order valence-corrected chi connectivity index (χ4v) is 3.13. The predicted molar refractivity (Wildman–Crippen MR) is 97.8 cm³/mol. The number of unbranched alkanes of at least 4 members (excludes halogenated alkanes) is 1. The van der Waals surface area contributed by atoms with Crippen LogP contribution in [0.2, 0.25) is 0 Å². The van der Waals surface area contributed by atoms with Gasteiger partial charge in [0.2, 0.25) is 0 Å². The van der Waals surface area contributed by atoms with Crippen LogP contribution in [0.15, 0.2) is 34.2 Å². The minimum atomic E-state index is -1.26. The molecule has 8 nitrogen and oxygen atoms in total. The first-order chi connectivity index (χ1) is 12.8. The number of rotatable bonds is 8. The van der Waals surface area contributed by atoms with Gasteiger partial charge in [-0.15, -0.1) is 0 Å². The predicted octanol–water partition coefficient (Wildman–Crippen LogP) is 1.14. The lowest BCUT2D eigenvalue weighted by molar-refractivity contribution is -0.304. The van der Waals surface area contributed by atoms with Gasteiger partial charge in [0.15, 0.2) is 11.0 Å². The number of amides is 1. The number of halogens is 1. The van der Waals surface area contributed by atoms with Crippen molar-refractivity contribution in [1.82, 2.24) is 9.97 Å². The van der Waals surface area contributed by atoms with Gasteiger partial charge in [-0.2, -0.15) is 0 Å². The number of nitrogen functional groups attached to an aromatic ring is 1. The van der Waals surface area contributed by atoms with Crippen molar-refractivity contribution in [3.8, 4) is 0 Å². The van der Waals surface area contributed by atoms with E-state index >= 15 is 0 Å². The van der Waals surface area contributed by atoms with Crippen LogP contribution >= 0.6 is 11.8 Å². The first-order valence-electron chi connectivity index (χ1n) is 8.16. The number of aliphatic carboxylic acids is 1. The van der Waals surface area contributed by atoms with E-state index in [1.54, 1.807) is 0 Å². The summed E-state index contributed by atoms with van der Waals surface area (Å²) < 4.78 is 12.9. The molecule has 0 fully saturated rings. The van der Waals surface area contributed by atoms with Gasteiger partial charge in [0, 0.05) is 5.56 Å². The van der Waals surface area contributed by atoms with Crippen LogP contribution in [0.5, 0.6) is 0 Å². The standard InChI is InChI=1S/C17H19FN4O4S/c1-2-3-4-11(16(25)26)27-17-21-13(19)12(15(24)22-17)20-14(23)9-5-7-10(18)8-6-9/h5-8,11H,2-4H2,1H3,(H,20,23)(H,25,26)(H3,19,21,22,24)/p-1/t11-/m1/s1. The minimum Gasteiger partial charge on any atom is -0.549 e. The number of aromatic nitrogens is 2. The smallest absolute Gasteiger partial charge is 0.277 e. The Balaban J connectivity index is 2.18. The number of thioether (sulfide) groups is 1. The van der Waals surface area contributed by atoms with Crippen LogP contribution in [0, 0.1) is 5.82 Å². The van der Waals surface area contributed by atoms with Crippen LogP contribution in [-0.4, -0.2) is 27.1 Å². The molecule has 144 valence electrons. The first kappa shape index (κ1) is 20.4. The lowest BCUT2D eigenvalue weighted by Crippen LogP contribution is -2.34. The highest BCUT2D eigenvalue weighted by molar-refractivity contribution is 8.00. The Kier molecular flexibility index (Phi) is 6.94. The van der Waals surface area contributed by atoms with Crippen LogP contribution in [0.1, 0.15) is 36.5 Å². The molecule has 0 aliphatic rings. The van der Waals surface area contributed by atoms with Gasteiger partial charge in [-0.25, -0.2) is 9.37 Å². The maximum Gasteiger partial charge on any atom is 0.277 e. The lowest BCUT2D eigenvalue weighted by atomic mass is 10.2. The van der Waals surface area contributed by atoms with Crippen molar-refractivity contribution in [3.63, 3.8) is 0 Å². The molecule has 1 heterocycles. The number of nitrogens with zero attached hydrogens (tertiary/aromatic N) is 1. The van der Waals surface area contributed by atoms with Gasteiger partial charge >= 0.3 is 0 Å². The fourth-order valence-electron chi connectivity index (χ4n) is 2.18. The Morgan fingerprint density at radius 2 is 2.04 bits per heavy atom. The molecular weight excluding hydrogens is 375 g/mol. The van der Waals surface area contributed by atoms with E-state index in [0.29, 0.717) is 12.8 Å². The number of carbonyl (C=O) groups excluding carboxylic acids is 2. The summed E-state index contributed by atoms with van der Waals surface area (Å²) in [7, 11) is 0. The average Bonchev–Trinajstić information content (AvgIpc) is 2.61. The number of hydrogen-bond acceptors (Lipinski definition) is 7. The monoisotopic (exact) mass is 393 g/mol. The number of H-pyrrole nitrogens is 1. The van der Waals surface area contributed by atoms with Gasteiger partial charge in [-0.05, 0) is 30.7 Å². The summed E-state index contributed by atoms with van der Waals surface area (Å²) in [5.41, 5.74) is 4.87. The SMILES string of the molecule is CCCC[C@@H](Sc1nc(N)c(NC(=O)c2ccc(F)cc2)c(=O)[nH]1)C(=O)[O-]. The molecule has 27 heavy (non-hydrogen) atoms. The summed E-state index contributed by atoms with van der Waals surface area (Å²) in [5, 5.41) is 12.7. The number of anilines is 2. The first-order valence-corrected chi connectivity index (χ1v) is 9.04.